The van der Waals surface area contributed by atoms with Crippen molar-refractivity contribution in [3.8, 4) is 0 Å². The summed E-state index contributed by atoms with van der Waals surface area (Å²) in [4.78, 5) is 0.882. The maximum absolute atomic E-state index is 13.2. The Kier molecular flexibility index (Phi) is 3.54. The molecular weight excluding hydrogens is 275 g/mol. The Hall–Kier alpha value is -1.72. The number of aliphatic hydroxyl groups excluding tert-OH is 1. The molecule has 0 aliphatic heterocycles. The van der Waals surface area contributed by atoms with E-state index >= 15 is 0 Å². The highest BCUT2D eigenvalue weighted by atomic mass is 32.1. The van der Waals surface area contributed by atoms with Crippen molar-refractivity contribution >= 4 is 21.4 Å². The lowest BCUT2D eigenvalue weighted by atomic mass is 10.1. The summed E-state index contributed by atoms with van der Waals surface area (Å²) in [6, 6.07) is 8.53. The molecule has 1 N–H and O–H groups in total. The van der Waals surface area contributed by atoms with Crippen LogP contribution in [0.5, 0.6) is 0 Å². The van der Waals surface area contributed by atoms with Gasteiger partial charge in [0.25, 0.3) is 0 Å². The number of fused-ring (bicyclic) bond motifs is 1. The largest absolute Gasteiger partial charge is 0.388 e. The van der Waals surface area contributed by atoms with Crippen LogP contribution < -0.4 is 0 Å². The van der Waals surface area contributed by atoms with E-state index in [-0.39, 0.29) is 5.82 Å². The van der Waals surface area contributed by atoms with E-state index in [1.54, 1.807) is 12.3 Å². The van der Waals surface area contributed by atoms with Crippen LogP contribution in [0.25, 0.3) is 10.1 Å². The number of aliphatic hydroxyl groups is 1. The second-order valence-electron chi connectivity index (χ2n) is 4.83. The van der Waals surface area contributed by atoms with E-state index in [4.69, 9.17) is 0 Å². The Bertz CT molecular complexity index is 734. The van der Waals surface area contributed by atoms with Gasteiger partial charge >= 0.3 is 0 Å². The van der Waals surface area contributed by atoms with Gasteiger partial charge < -0.3 is 5.11 Å². The minimum atomic E-state index is -0.523. The van der Waals surface area contributed by atoms with Crippen molar-refractivity contribution in [2.45, 2.75) is 18.9 Å². The Labute approximate surface area is 120 Å². The molecule has 5 heteroatoms. The van der Waals surface area contributed by atoms with Gasteiger partial charge in [0.2, 0.25) is 0 Å². The van der Waals surface area contributed by atoms with E-state index in [1.807, 2.05) is 23.9 Å². The van der Waals surface area contributed by atoms with Crippen molar-refractivity contribution in [3.63, 3.8) is 0 Å². The fourth-order valence-electron chi connectivity index (χ4n) is 2.27. The van der Waals surface area contributed by atoms with Gasteiger partial charge in [-0.05, 0) is 48.6 Å². The molecule has 2 aromatic heterocycles. The van der Waals surface area contributed by atoms with Gasteiger partial charge in [-0.3, -0.25) is 4.68 Å². The molecule has 3 rings (SSSR count). The van der Waals surface area contributed by atoms with Crippen molar-refractivity contribution < 1.29 is 9.50 Å². The summed E-state index contributed by atoms with van der Waals surface area (Å²) in [5.74, 6) is -0.244. The lowest BCUT2D eigenvalue weighted by Crippen LogP contribution is -2.02. The van der Waals surface area contributed by atoms with Gasteiger partial charge in [-0.25, -0.2) is 4.39 Å². The third-order valence-electron chi connectivity index (χ3n) is 3.42. The standard InChI is InChI=1S/C15H15FN2OS/c1-18-12(6-7-17-18)3-4-13(19)15-9-10-8-11(16)2-5-14(10)20-15/h2,5-9,13,19H,3-4H2,1H3. The predicted molar refractivity (Wildman–Crippen MR) is 78.3 cm³/mol. The van der Waals surface area contributed by atoms with Gasteiger partial charge in [-0.15, -0.1) is 11.3 Å². The zero-order valence-corrected chi connectivity index (χ0v) is 11.9. The van der Waals surface area contributed by atoms with E-state index in [1.165, 1.54) is 23.5 Å². The van der Waals surface area contributed by atoms with E-state index < -0.39 is 6.10 Å². The molecule has 104 valence electrons. The lowest BCUT2D eigenvalue weighted by molar-refractivity contribution is 0.171. The number of benzene rings is 1. The van der Waals surface area contributed by atoms with E-state index in [2.05, 4.69) is 5.10 Å². The van der Waals surface area contributed by atoms with Crippen molar-refractivity contribution in [1.82, 2.24) is 9.78 Å². The van der Waals surface area contributed by atoms with E-state index in [0.717, 1.165) is 27.1 Å². The molecule has 0 aliphatic rings. The first-order valence-corrected chi connectivity index (χ1v) is 7.29. The van der Waals surface area contributed by atoms with Crippen molar-refractivity contribution in [3.05, 3.63) is 52.9 Å². The van der Waals surface area contributed by atoms with Crippen LogP contribution in [0.1, 0.15) is 23.1 Å². The van der Waals surface area contributed by atoms with Crippen LogP contribution in [0.15, 0.2) is 36.5 Å². The molecule has 0 saturated carbocycles. The summed E-state index contributed by atoms with van der Waals surface area (Å²) in [5, 5.41) is 15.2. The molecule has 0 bridgehead atoms. The van der Waals surface area contributed by atoms with Gasteiger partial charge in [-0.2, -0.15) is 5.10 Å². The molecule has 0 fully saturated rings. The number of halogens is 1. The average molecular weight is 290 g/mol. The second kappa shape index (κ2) is 5.34. The van der Waals surface area contributed by atoms with Crippen molar-refractivity contribution in [1.29, 1.82) is 0 Å². The third-order valence-corrected chi connectivity index (χ3v) is 4.64. The number of aryl methyl sites for hydroxylation is 2. The van der Waals surface area contributed by atoms with E-state index in [9.17, 15) is 9.50 Å². The smallest absolute Gasteiger partial charge is 0.123 e. The molecule has 3 nitrogen and oxygen atoms in total. The monoisotopic (exact) mass is 290 g/mol. The van der Waals surface area contributed by atoms with Gasteiger partial charge in [0.1, 0.15) is 5.82 Å². The first-order chi connectivity index (χ1) is 9.63. The summed E-state index contributed by atoms with van der Waals surface area (Å²) < 4.78 is 16.0. The normalized spacial score (nSPS) is 12.9. The maximum atomic E-state index is 13.2. The zero-order valence-electron chi connectivity index (χ0n) is 11.1. The summed E-state index contributed by atoms with van der Waals surface area (Å²) in [7, 11) is 1.89. The molecule has 0 radical (unpaired) electrons. The first kappa shape index (κ1) is 13.3. The van der Waals surface area contributed by atoms with Crippen LogP contribution in [-0.4, -0.2) is 14.9 Å². The fraction of sp³-hybridized carbons (Fsp3) is 0.267. The highest BCUT2D eigenvalue weighted by Gasteiger charge is 2.13. The number of aromatic nitrogens is 2. The summed E-state index contributed by atoms with van der Waals surface area (Å²) in [6.45, 7) is 0. The molecule has 2 heterocycles. The molecular formula is C15H15FN2OS. The Morgan fingerprint density at radius 2 is 2.20 bits per heavy atom. The van der Waals surface area contributed by atoms with Crippen LogP contribution in [0, 0.1) is 5.82 Å². The molecule has 0 amide bonds. The third kappa shape index (κ3) is 2.59. The van der Waals surface area contributed by atoms with Gasteiger partial charge in [0.05, 0.1) is 6.10 Å². The number of hydrogen-bond acceptors (Lipinski definition) is 3. The van der Waals surface area contributed by atoms with Crippen LogP contribution in [-0.2, 0) is 13.5 Å². The Morgan fingerprint density at radius 1 is 1.35 bits per heavy atom. The first-order valence-electron chi connectivity index (χ1n) is 6.47. The Balaban J connectivity index is 1.75. The summed E-state index contributed by atoms with van der Waals surface area (Å²) in [6.07, 6.45) is 2.63. The van der Waals surface area contributed by atoms with Crippen LogP contribution in [0.3, 0.4) is 0 Å². The molecule has 3 aromatic rings. The highest BCUT2D eigenvalue weighted by Crippen LogP contribution is 2.32. The van der Waals surface area contributed by atoms with Crippen LogP contribution in [0.4, 0.5) is 4.39 Å². The minimum absolute atomic E-state index is 0.244. The lowest BCUT2D eigenvalue weighted by Gasteiger charge is -2.08. The number of nitrogens with zero attached hydrogens (tertiary/aromatic N) is 2. The zero-order chi connectivity index (χ0) is 14.1. The quantitative estimate of drug-likeness (QED) is 0.799. The fourth-order valence-corrected chi connectivity index (χ4v) is 3.34. The molecule has 0 spiro atoms. The number of rotatable bonds is 4. The van der Waals surface area contributed by atoms with Crippen molar-refractivity contribution in [2.24, 2.45) is 7.05 Å². The molecule has 1 atom stereocenters. The second-order valence-corrected chi connectivity index (χ2v) is 5.95. The minimum Gasteiger partial charge on any atom is -0.388 e. The number of thiophene rings is 1. The SMILES string of the molecule is Cn1nccc1CCC(O)c1cc2cc(F)ccc2s1. The van der Waals surface area contributed by atoms with Gasteiger partial charge in [0.15, 0.2) is 0 Å². The Morgan fingerprint density at radius 3 is 2.95 bits per heavy atom. The van der Waals surface area contributed by atoms with Crippen molar-refractivity contribution in [2.75, 3.05) is 0 Å². The molecule has 0 saturated heterocycles. The summed E-state index contributed by atoms with van der Waals surface area (Å²) in [5.41, 5.74) is 1.09. The topological polar surface area (TPSA) is 38.0 Å². The molecule has 20 heavy (non-hydrogen) atoms. The van der Waals surface area contributed by atoms with Crippen LogP contribution in [0.2, 0.25) is 0 Å². The van der Waals surface area contributed by atoms with Crippen LogP contribution >= 0.6 is 11.3 Å². The van der Waals surface area contributed by atoms with E-state index in [0.29, 0.717) is 6.42 Å². The highest BCUT2D eigenvalue weighted by molar-refractivity contribution is 7.19. The number of hydrogen-bond donors (Lipinski definition) is 1. The maximum Gasteiger partial charge on any atom is 0.123 e. The summed E-state index contributed by atoms with van der Waals surface area (Å²) >= 11 is 1.52. The average Bonchev–Trinajstić information content (AvgIpc) is 3.01. The molecule has 1 aromatic carbocycles. The molecule has 1 unspecified atom stereocenters. The molecule has 0 aliphatic carbocycles. The van der Waals surface area contributed by atoms with Gasteiger partial charge in [0, 0.05) is 28.5 Å². The predicted octanol–water partition coefficient (Wildman–Crippen LogP) is 3.44. The van der Waals surface area contributed by atoms with Gasteiger partial charge in [-0.1, -0.05) is 0 Å².